The SMILES string of the molecule is Cc1cc(N2C(=O)C(=CC=C3Oc4ccc(Cl)cc4N3CCS(=O)(=O)[O-])N(CCOCCO)C2=S)n[nH]1.[Na+]. The number of hydrogen-bond acceptors (Lipinski definition) is 10. The van der Waals surface area contributed by atoms with Gasteiger partial charge < -0.3 is 28.9 Å². The fourth-order valence-corrected chi connectivity index (χ4v) is 4.68. The van der Waals surface area contributed by atoms with Gasteiger partial charge in [0.1, 0.15) is 5.70 Å². The molecule has 1 saturated heterocycles. The zero-order chi connectivity index (χ0) is 26.7. The summed E-state index contributed by atoms with van der Waals surface area (Å²) >= 11 is 11.7. The number of aliphatic hydroxyl groups excluding tert-OH is 1. The number of anilines is 2. The summed E-state index contributed by atoms with van der Waals surface area (Å²) in [7, 11) is -4.50. The summed E-state index contributed by atoms with van der Waals surface area (Å²) in [6.45, 7) is 2.00. The molecule has 0 spiro atoms. The second kappa shape index (κ2) is 12.9. The van der Waals surface area contributed by atoms with Crippen molar-refractivity contribution >= 4 is 56.5 Å². The van der Waals surface area contributed by atoms with Crippen molar-refractivity contribution in [2.45, 2.75) is 6.92 Å². The number of nitrogens with one attached hydrogen (secondary N) is 1. The predicted octanol–water partition coefficient (Wildman–Crippen LogP) is -1.51. The fourth-order valence-electron chi connectivity index (χ4n) is 3.74. The van der Waals surface area contributed by atoms with Crippen LogP contribution in [-0.2, 0) is 19.6 Å². The molecule has 198 valence electrons. The Morgan fingerprint density at radius 1 is 1.24 bits per heavy atom. The Morgan fingerprint density at radius 3 is 2.66 bits per heavy atom. The van der Waals surface area contributed by atoms with E-state index in [1.54, 1.807) is 36.1 Å². The first-order valence-corrected chi connectivity index (χ1v) is 13.4. The van der Waals surface area contributed by atoms with Crippen molar-refractivity contribution in [2.75, 3.05) is 48.5 Å². The van der Waals surface area contributed by atoms with Crippen molar-refractivity contribution in [1.82, 2.24) is 15.1 Å². The minimum absolute atomic E-state index is 0. The van der Waals surface area contributed by atoms with Gasteiger partial charge in [-0.25, -0.2) is 13.3 Å². The molecule has 0 saturated carbocycles. The minimum atomic E-state index is -4.50. The van der Waals surface area contributed by atoms with Gasteiger partial charge in [0.2, 0.25) is 5.88 Å². The van der Waals surface area contributed by atoms with Gasteiger partial charge in [-0.3, -0.25) is 9.89 Å². The number of aromatic nitrogens is 2. The van der Waals surface area contributed by atoms with Gasteiger partial charge in [-0.05, 0) is 43.4 Å². The average Bonchev–Trinajstić information content (AvgIpc) is 3.47. The number of fused-ring (bicyclic) bond motifs is 1. The molecule has 0 unspecified atom stereocenters. The van der Waals surface area contributed by atoms with Gasteiger partial charge in [0, 0.05) is 35.9 Å². The van der Waals surface area contributed by atoms with E-state index in [1.165, 1.54) is 22.0 Å². The fraction of sp³-hybridized carbons (Fsp3) is 0.318. The van der Waals surface area contributed by atoms with E-state index in [-0.39, 0.29) is 79.2 Å². The summed E-state index contributed by atoms with van der Waals surface area (Å²) in [5, 5.41) is 16.5. The van der Waals surface area contributed by atoms with Crippen LogP contribution in [0.25, 0.3) is 0 Å². The molecule has 2 aliphatic rings. The molecular formula is C22H23ClN5NaO7S2. The number of allylic oxidation sites excluding steroid dienone is 2. The normalized spacial score (nSPS) is 17.4. The number of carbonyl (C=O) groups excluding carboxylic acids is 1. The zero-order valence-corrected chi connectivity index (χ0v) is 25.0. The largest absolute Gasteiger partial charge is 1.00 e. The van der Waals surface area contributed by atoms with Gasteiger partial charge in [0.15, 0.2) is 16.7 Å². The van der Waals surface area contributed by atoms with Gasteiger partial charge in [-0.15, -0.1) is 0 Å². The number of carbonyl (C=O) groups is 1. The summed E-state index contributed by atoms with van der Waals surface area (Å²) in [5.74, 6) is -0.181. The van der Waals surface area contributed by atoms with E-state index in [4.69, 9.17) is 38.4 Å². The van der Waals surface area contributed by atoms with Crippen molar-refractivity contribution < 1.29 is 61.9 Å². The van der Waals surface area contributed by atoms with Gasteiger partial charge in [-0.2, -0.15) is 5.10 Å². The maximum Gasteiger partial charge on any atom is 1.00 e. The molecule has 1 aromatic heterocycles. The minimum Gasteiger partial charge on any atom is -0.748 e. The second-order valence-electron chi connectivity index (χ2n) is 8.00. The van der Waals surface area contributed by atoms with E-state index in [1.807, 2.05) is 0 Å². The summed E-state index contributed by atoms with van der Waals surface area (Å²) in [6, 6.07) is 6.50. The molecular weight excluding hydrogens is 569 g/mol. The molecule has 4 rings (SSSR count). The van der Waals surface area contributed by atoms with E-state index >= 15 is 0 Å². The average molecular weight is 592 g/mol. The Labute approximate surface area is 251 Å². The molecule has 0 atom stereocenters. The van der Waals surface area contributed by atoms with E-state index in [0.717, 1.165) is 5.69 Å². The van der Waals surface area contributed by atoms with E-state index in [2.05, 4.69) is 10.2 Å². The quantitative estimate of drug-likeness (QED) is 0.109. The van der Waals surface area contributed by atoms with Crippen LogP contribution in [0.5, 0.6) is 5.75 Å². The molecule has 2 aliphatic heterocycles. The molecule has 2 N–H and O–H groups in total. The van der Waals surface area contributed by atoms with Crippen LogP contribution in [0.2, 0.25) is 5.02 Å². The van der Waals surface area contributed by atoms with Crippen LogP contribution >= 0.6 is 23.8 Å². The number of ether oxygens (including phenoxy) is 2. The smallest absolute Gasteiger partial charge is 0.748 e. The van der Waals surface area contributed by atoms with Crippen LogP contribution in [0, 0.1) is 6.92 Å². The van der Waals surface area contributed by atoms with Crippen LogP contribution in [0.1, 0.15) is 5.69 Å². The third kappa shape index (κ3) is 6.94. The first kappa shape index (κ1) is 30.5. The monoisotopic (exact) mass is 591 g/mol. The number of halogens is 1. The van der Waals surface area contributed by atoms with E-state index in [9.17, 15) is 17.8 Å². The number of nitrogens with zero attached hydrogens (tertiary/aromatic N) is 4. The number of H-pyrrole nitrogens is 1. The number of thiocarbonyl (C=S) groups is 1. The van der Waals surface area contributed by atoms with Crippen LogP contribution < -0.4 is 44.1 Å². The molecule has 16 heteroatoms. The van der Waals surface area contributed by atoms with Crippen LogP contribution in [0.4, 0.5) is 11.5 Å². The van der Waals surface area contributed by atoms with E-state index < -0.39 is 21.8 Å². The van der Waals surface area contributed by atoms with Gasteiger partial charge in [0.25, 0.3) is 5.91 Å². The van der Waals surface area contributed by atoms with Crippen molar-refractivity contribution in [2.24, 2.45) is 0 Å². The van der Waals surface area contributed by atoms with Crippen molar-refractivity contribution in [3.63, 3.8) is 0 Å². The van der Waals surface area contributed by atoms with Crippen LogP contribution in [0.15, 0.2) is 48.0 Å². The molecule has 1 amide bonds. The van der Waals surface area contributed by atoms with Crippen molar-refractivity contribution in [3.8, 4) is 5.75 Å². The number of benzene rings is 1. The Morgan fingerprint density at radius 2 is 2.00 bits per heavy atom. The molecule has 3 heterocycles. The molecule has 1 aromatic carbocycles. The maximum atomic E-state index is 13.4. The third-order valence-corrected chi connectivity index (χ3v) is 6.71. The Balaban J connectivity index is 0.00000400. The summed E-state index contributed by atoms with van der Waals surface area (Å²) in [6.07, 6.45) is 2.98. The van der Waals surface area contributed by atoms with Gasteiger partial charge >= 0.3 is 29.6 Å². The Bertz CT molecular complexity index is 1380. The van der Waals surface area contributed by atoms with Crippen LogP contribution in [-0.4, -0.2) is 82.9 Å². The Kier molecular flexibility index (Phi) is 10.4. The van der Waals surface area contributed by atoms with Gasteiger partial charge in [-0.1, -0.05) is 11.6 Å². The molecule has 1 fully saturated rings. The number of hydrogen-bond donors (Lipinski definition) is 2. The first-order chi connectivity index (χ1) is 17.6. The third-order valence-electron chi connectivity index (χ3n) is 5.39. The summed E-state index contributed by atoms with van der Waals surface area (Å²) in [4.78, 5) is 17.7. The Hall–Kier alpha value is -2.01. The number of amides is 1. The van der Waals surface area contributed by atoms with Crippen molar-refractivity contribution in [1.29, 1.82) is 0 Å². The van der Waals surface area contributed by atoms with E-state index in [0.29, 0.717) is 22.3 Å². The first-order valence-electron chi connectivity index (χ1n) is 11.1. The topological polar surface area (TPSA) is 151 Å². The zero-order valence-electron chi connectivity index (χ0n) is 20.6. The number of aryl methyl sites for hydroxylation is 1. The second-order valence-corrected chi connectivity index (χ2v) is 10.3. The standard InChI is InChI=1S/C22H24ClN5O7S2.Na/c1-14-12-19(25-24-14)28-21(30)16(27(22(28)36)6-9-34-10-8-29)3-5-20-26(7-11-37(31,32)33)17-13-15(23)2-4-18(17)35-20;/h2-5,12-13,29H,6-11H2,1H3,(H,24,25)(H,31,32,33);/q;+1/p-1. The molecule has 38 heavy (non-hydrogen) atoms. The summed E-state index contributed by atoms with van der Waals surface area (Å²) < 4.78 is 45.1. The predicted molar refractivity (Wildman–Crippen MR) is 138 cm³/mol. The molecule has 0 radical (unpaired) electrons. The van der Waals surface area contributed by atoms with Crippen molar-refractivity contribution in [3.05, 3.63) is 58.7 Å². The molecule has 12 nitrogen and oxygen atoms in total. The number of rotatable bonds is 10. The number of aromatic amines is 1. The molecule has 0 bridgehead atoms. The summed E-state index contributed by atoms with van der Waals surface area (Å²) in [5.41, 5.74) is 1.42. The maximum absolute atomic E-state index is 13.4. The molecule has 2 aromatic rings. The molecule has 0 aliphatic carbocycles. The number of aliphatic hydroxyl groups is 1. The van der Waals surface area contributed by atoms with Gasteiger partial charge in [0.05, 0.1) is 41.4 Å². The van der Waals surface area contributed by atoms with Crippen LogP contribution in [0.3, 0.4) is 0 Å².